The first kappa shape index (κ1) is 14.9. The molecule has 0 aliphatic heterocycles. The molecule has 102 valence electrons. The van der Waals surface area contributed by atoms with Crippen LogP contribution < -0.4 is 0 Å². The van der Waals surface area contributed by atoms with E-state index in [1.165, 1.54) is 19.4 Å². The summed E-state index contributed by atoms with van der Waals surface area (Å²) in [5, 5.41) is 9.95. The topological polar surface area (TPSA) is 76.5 Å². The van der Waals surface area contributed by atoms with Crippen molar-refractivity contribution in [2.24, 2.45) is 5.41 Å². The number of rotatable bonds is 3. The quantitative estimate of drug-likeness (QED) is 0.514. The molecule has 0 aromatic carbocycles. The molecule has 0 atom stereocenters. The molecule has 1 heterocycles. The van der Waals surface area contributed by atoms with E-state index >= 15 is 0 Å². The highest BCUT2D eigenvalue weighted by molar-refractivity contribution is 6.01. The van der Waals surface area contributed by atoms with E-state index in [2.05, 4.69) is 9.72 Å². The molecule has 1 N–H and O–H groups in total. The number of aliphatic hydroxyl groups excluding tert-OH is 1. The number of aliphatic hydroxyl groups is 1. The number of carbonyl (C=O) groups excluding carboxylic acids is 2. The van der Waals surface area contributed by atoms with Gasteiger partial charge in [-0.15, -0.1) is 0 Å². The van der Waals surface area contributed by atoms with Gasteiger partial charge >= 0.3 is 5.97 Å². The number of hydrogen-bond acceptors (Lipinski definition) is 5. The van der Waals surface area contributed by atoms with Crippen LogP contribution in [0.15, 0.2) is 24.4 Å². The summed E-state index contributed by atoms with van der Waals surface area (Å²) >= 11 is 0. The van der Waals surface area contributed by atoms with Crippen molar-refractivity contribution in [2.45, 2.75) is 20.8 Å². The fourth-order valence-electron chi connectivity index (χ4n) is 1.29. The number of allylic oxidation sites excluding steroid dienone is 1. The molecule has 1 rings (SSSR count). The van der Waals surface area contributed by atoms with Crippen LogP contribution >= 0.6 is 0 Å². The average molecular weight is 263 g/mol. The van der Waals surface area contributed by atoms with Gasteiger partial charge in [-0.05, 0) is 12.1 Å². The predicted octanol–water partition coefficient (Wildman–Crippen LogP) is 2.38. The number of aromatic nitrogens is 1. The van der Waals surface area contributed by atoms with Gasteiger partial charge < -0.3 is 9.84 Å². The standard InChI is InChI=1S/C14H17NO4/c1-14(2,3)11(17)8-10(16)12-9(13(18)19-4)6-5-7-15-12/h5-8,16H,1-4H3/b10-8-. The molecule has 5 nitrogen and oxygen atoms in total. The Morgan fingerprint density at radius 2 is 2.00 bits per heavy atom. The van der Waals surface area contributed by atoms with Gasteiger partial charge in [-0.2, -0.15) is 0 Å². The highest BCUT2D eigenvalue weighted by atomic mass is 16.5. The lowest BCUT2D eigenvalue weighted by molar-refractivity contribution is -0.121. The smallest absolute Gasteiger partial charge is 0.340 e. The van der Waals surface area contributed by atoms with Crippen LogP contribution in [0.25, 0.3) is 5.76 Å². The Hall–Kier alpha value is -2.17. The minimum atomic E-state index is -0.619. The molecule has 19 heavy (non-hydrogen) atoms. The van der Waals surface area contributed by atoms with Crippen LogP contribution in [0, 0.1) is 5.41 Å². The number of ketones is 1. The molecule has 0 amide bonds. The second-order valence-electron chi connectivity index (χ2n) is 5.03. The predicted molar refractivity (Wildman–Crippen MR) is 70.6 cm³/mol. The molecule has 1 aromatic heterocycles. The molecule has 0 spiro atoms. The third kappa shape index (κ3) is 3.64. The van der Waals surface area contributed by atoms with Crippen LogP contribution in [-0.4, -0.2) is 29.0 Å². The molecule has 0 saturated heterocycles. The fraction of sp³-hybridized carbons (Fsp3) is 0.357. The molecular weight excluding hydrogens is 246 g/mol. The molecule has 0 radical (unpaired) electrons. The minimum Gasteiger partial charge on any atom is -0.506 e. The summed E-state index contributed by atoms with van der Waals surface area (Å²) in [7, 11) is 1.24. The van der Waals surface area contributed by atoms with Crippen LogP contribution in [0.3, 0.4) is 0 Å². The van der Waals surface area contributed by atoms with E-state index in [9.17, 15) is 14.7 Å². The van der Waals surface area contributed by atoms with Gasteiger partial charge in [-0.1, -0.05) is 20.8 Å². The van der Waals surface area contributed by atoms with Crippen LogP contribution in [0.5, 0.6) is 0 Å². The van der Waals surface area contributed by atoms with Gasteiger partial charge in [0.2, 0.25) is 0 Å². The molecule has 0 aliphatic rings. The maximum absolute atomic E-state index is 11.8. The van der Waals surface area contributed by atoms with Gasteiger partial charge in [0.05, 0.1) is 12.7 Å². The fourth-order valence-corrected chi connectivity index (χ4v) is 1.29. The third-order valence-electron chi connectivity index (χ3n) is 2.46. The Morgan fingerprint density at radius 1 is 1.37 bits per heavy atom. The average Bonchev–Trinajstić information content (AvgIpc) is 2.36. The summed E-state index contributed by atoms with van der Waals surface area (Å²) in [6, 6.07) is 3.02. The zero-order valence-electron chi connectivity index (χ0n) is 11.4. The Balaban J connectivity index is 3.20. The van der Waals surface area contributed by atoms with Crippen molar-refractivity contribution in [3.05, 3.63) is 35.7 Å². The largest absolute Gasteiger partial charge is 0.506 e. The summed E-state index contributed by atoms with van der Waals surface area (Å²) in [6.45, 7) is 5.20. The lowest BCUT2D eigenvalue weighted by atomic mass is 9.90. The minimum absolute atomic E-state index is 0.0342. The summed E-state index contributed by atoms with van der Waals surface area (Å²) < 4.78 is 4.60. The maximum Gasteiger partial charge on any atom is 0.340 e. The molecule has 1 aromatic rings. The third-order valence-corrected chi connectivity index (χ3v) is 2.46. The summed E-state index contributed by atoms with van der Waals surface area (Å²) in [4.78, 5) is 27.3. The van der Waals surface area contributed by atoms with Crippen molar-refractivity contribution in [1.82, 2.24) is 4.98 Å². The van der Waals surface area contributed by atoms with Crippen molar-refractivity contribution >= 4 is 17.5 Å². The number of esters is 1. The molecule has 0 aliphatic carbocycles. The van der Waals surface area contributed by atoms with Crippen LogP contribution in [0.4, 0.5) is 0 Å². The first-order chi connectivity index (χ1) is 8.77. The number of nitrogens with zero attached hydrogens (tertiary/aromatic N) is 1. The highest BCUT2D eigenvalue weighted by Gasteiger charge is 2.22. The molecule has 0 unspecified atom stereocenters. The van der Waals surface area contributed by atoms with Crippen molar-refractivity contribution < 1.29 is 19.4 Å². The maximum atomic E-state index is 11.8. The van der Waals surface area contributed by atoms with E-state index in [0.29, 0.717) is 0 Å². The van der Waals surface area contributed by atoms with E-state index < -0.39 is 11.4 Å². The number of hydrogen-bond donors (Lipinski definition) is 1. The van der Waals surface area contributed by atoms with Crippen LogP contribution in [0.1, 0.15) is 36.8 Å². The number of pyridine rings is 1. The van der Waals surface area contributed by atoms with Gasteiger partial charge in [0.1, 0.15) is 11.5 Å². The number of carbonyl (C=O) groups is 2. The van der Waals surface area contributed by atoms with E-state index in [0.717, 1.165) is 6.08 Å². The number of ether oxygens (including phenoxy) is 1. The zero-order chi connectivity index (χ0) is 14.6. The Kier molecular flexibility index (Phi) is 4.43. The lowest BCUT2D eigenvalue weighted by Gasteiger charge is -2.14. The SMILES string of the molecule is COC(=O)c1cccnc1/C(O)=C/C(=O)C(C)(C)C. The summed E-state index contributed by atoms with van der Waals surface area (Å²) in [5.74, 6) is -1.22. The second-order valence-corrected chi connectivity index (χ2v) is 5.03. The molecule has 0 fully saturated rings. The zero-order valence-corrected chi connectivity index (χ0v) is 11.4. The molecular formula is C14H17NO4. The van der Waals surface area contributed by atoms with Crippen molar-refractivity contribution in [2.75, 3.05) is 7.11 Å². The summed E-state index contributed by atoms with van der Waals surface area (Å²) in [6.07, 6.45) is 2.50. The Bertz CT molecular complexity index is 526. The number of methoxy groups -OCH3 is 1. The van der Waals surface area contributed by atoms with Crippen LogP contribution in [0.2, 0.25) is 0 Å². The Labute approximate surface area is 111 Å². The van der Waals surface area contributed by atoms with E-state index in [1.807, 2.05) is 0 Å². The summed E-state index contributed by atoms with van der Waals surface area (Å²) in [5.41, 5.74) is -0.471. The molecule has 0 saturated carbocycles. The normalized spacial score (nSPS) is 12.1. The van der Waals surface area contributed by atoms with Gasteiger partial charge in [0.25, 0.3) is 0 Å². The Morgan fingerprint density at radius 3 is 2.53 bits per heavy atom. The van der Waals surface area contributed by atoms with Gasteiger partial charge in [-0.25, -0.2) is 4.79 Å². The first-order valence-electron chi connectivity index (χ1n) is 5.76. The van der Waals surface area contributed by atoms with Gasteiger partial charge in [-0.3, -0.25) is 9.78 Å². The van der Waals surface area contributed by atoms with Gasteiger partial charge in [0, 0.05) is 17.7 Å². The van der Waals surface area contributed by atoms with Crippen molar-refractivity contribution in [3.63, 3.8) is 0 Å². The second kappa shape index (κ2) is 5.65. The monoisotopic (exact) mass is 263 g/mol. The van der Waals surface area contributed by atoms with E-state index in [-0.39, 0.29) is 22.8 Å². The lowest BCUT2D eigenvalue weighted by Crippen LogP contribution is -2.18. The van der Waals surface area contributed by atoms with Crippen molar-refractivity contribution in [1.29, 1.82) is 0 Å². The molecule has 5 heteroatoms. The van der Waals surface area contributed by atoms with Crippen LogP contribution in [-0.2, 0) is 9.53 Å². The van der Waals surface area contributed by atoms with Gasteiger partial charge in [0.15, 0.2) is 5.78 Å². The van der Waals surface area contributed by atoms with E-state index in [4.69, 9.17) is 0 Å². The first-order valence-corrected chi connectivity index (χ1v) is 5.76. The van der Waals surface area contributed by atoms with Crippen molar-refractivity contribution in [3.8, 4) is 0 Å². The molecule has 0 bridgehead atoms. The van der Waals surface area contributed by atoms with E-state index in [1.54, 1.807) is 26.8 Å². The highest BCUT2D eigenvalue weighted by Crippen LogP contribution is 2.20.